The van der Waals surface area contributed by atoms with Gasteiger partial charge >= 0.3 is 0 Å². The molecule has 0 saturated heterocycles. The molecule has 0 bridgehead atoms. The number of aryl methyl sites for hydroxylation is 2. The van der Waals surface area contributed by atoms with Crippen molar-refractivity contribution in [2.24, 2.45) is 17.1 Å². The molecule has 0 spiro atoms. The van der Waals surface area contributed by atoms with Crippen molar-refractivity contribution >= 4 is 0 Å². The van der Waals surface area contributed by atoms with Gasteiger partial charge in [0.2, 0.25) is 0 Å². The molecule has 1 fully saturated rings. The van der Waals surface area contributed by atoms with Crippen molar-refractivity contribution in [1.29, 1.82) is 0 Å². The molecule has 2 N–H and O–H groups in total. The molecule has 1 aliphatic carbocycles. The molecule has 2 atom stereocenters. The summed E-state index contributed by atoms with van der Waals surface area (Å²) < 4.78 is 0. The van der Waals surface area contributed by atoms with E-state index in [-0.39, 0.29) is 5.54 Å². The molecular weight excluding hydrogens is 242 g/mol. The molecule has 1 nitrogen and oxygen atoms in total. The summed E-state index contributed by atoms with van der Waals surface area (Å²) in [6.45, 7) is 11.5. The van der Waals surface area contributed by atoms with Crippen LogP contribution >= 0.6 is 0 Å². The molecule has 0 amide bonds. The second kappa shape index (κ2) is 5.52. The molecule has 0 radical (unpaired) electrons. The highest BCUT2D eigenvalue weighted by Gasteiger charge is 2.35. The van der Waals surface area contributed by atoms with Crippen LogP contribution in [0.2, 0.25) is 0 Å². The van der Waals surface area contributed by atoms with Crippen LogP contribution in [0.4, 0.5) is 0 Å². The smallest absolute Gasteiger partial charge is 0.0412 e. The highest BCUT2D eigenvalue weighted by atomic mass is 14.7. The Morgan fingerprint density at radius 3 is 2.40 bits per heavy atom. The first-order chi connectivity index (χ1) is 9.22. The second-order valence-electron chi connectivity index (χ2n) is 7.97. The molecule has 1 saturated carbocycles. The first-order valence-electron chi connectivity index (χ1n) is 8.09. The van der Waals surface area contributed by atoms with E-state index in [1.54, 1.807) is 0 Å². The Hall–Kier alpha value is -0.820. The maximum atomic E-state index is 6.84. The van der Waals surface area contributed by atoms with Gasteiger partial charge in [0.15, 0.2) is 0 Å². The predicted octanol–water partition coefficient (Wildman–Crippen LogP) is 5.08. The molecule has 1 aliphatic rings. The summed E-state index contributed by atoms with van der Waals surface area (Å²) in [7, 11) is 0. The van der Waals surface area contributed by atoms with Gasteiger partial charge in [-0.05, 0) is 62.0 Å². The van der Waals surface area contributed by atoms with Crippen molar-refractivity contribution in [3.8, 4) is 0 Å². The van der Waals surface area contributed by atoms with E-state index in [0.717, 1.165) is 18.8 Å². The van der Waals surface area contributed by atoms with Crippen LogP contribution in [-0.2, 0) is 5.54 Å². The second-order valence-corrected chi connectivity index (χ2v) is 7.97. The fourth-order valence-corrected chi connectivity index (χ4v) is 3.87. The third kappa shape index (κ3) is 3.25. The average molecular weight is 273 g/mol. The Balaban J connectivity index is 2.23. The standard InChI is InChI=1S/C19H31N/c1-14-8-9-17(15(2)13-14)19(20)11-6-7-16(10-12-19)18(3,4)5/h8-9,13,16H,6-7,10-12,20H2,1-5H3. The van der Waals surface area contributed by atoms with E-state index in [1.807, 2.05) is 0 Å². The van der Waals surface area contributed by atoms with E-state index >= 15 is 0 Å². The van der Waals surface area contributed by atoms with Gasteiger partial charge in [-0.1, -0.05) is 51.0 Å². The molecule has 2 rings (SSSR count). The lowest BCUT2D eigenvalue weighted by Gasteiger charge is -2.32. The van der Waals surface area contributed by atoms with E-state index in [1.165, 1.54) is 36.0 Å². The zero-order valence-corrected chi connectivity index (χ0v) is 13.9. The zero-order chi connectivity index (χ0) is 15.0. The van der Waals surface area contributed by atoms with Gasteiger partial charge in [-0.2, -0.15) is 0 Å². The highest BCUT2D eigenvalue weighted by molar-refractivity contribution is 5.36. The zero-order valence-electron chi connectivity index (χ0n) is 13.9. The summed E-state index contributed by atoms with van der Waals surface area (Å²) >= 11 is 0. The predicted molar refractivity (Wildman–Crippen MR) is 87.8 cm³/mol. The molecular formula is C19H31N. The number of nitrogens with two attached hydrogens (primary N) is 1. The quantitative estimate of drug-likeness (QED) is 0.709. The minimum absolute atomic E-state index is 0.113. The van der Waals surface area contributed by atoms with Gasteiger partial charge in [0.25, 0.3) is 0 Å². The van der Waals surface area contributed by atoms with Crippen LogP contribution in [0.5, 0.6) is 0 Å². The SMILES string of the molecule is Cc1ccc(C2(N)CCCC(C(C)(C)C)CC2)c(C)c1. The third-order valence-corrected chi connectivity index (χ3v) is 5.26. The summed E-state index contributed by atoms with van der Waals surface area (Å²) in [5.41, 5.74) is 11.2. The van der Waals surface area contributed by atoms with E-state index in [9.17, 15) is 0 Å². The van der Waals surface area contributed by atoms with Crippen LogP contribution in [0.1, 0.15) is 69.6 Å². The fraction of sp³-hybridized carbons (Fsp3) is 0.684. The Morgan fingerprint density at radius 2 is 1.80 bits per heavy atom. The van der Waals surface area contributed by atoms with Crippen LogP contribution in [-0.4, -0.2) is 0 Å². The first-order valence-corrected chi connectivity index (χ1v) is 8.09. The molecule has 2 unspecified atom stereocenters. The van der Waals surface area contributed by atoms with Crippen molar-refractivity contribution in [3.05, 3.63) is 34.9 Å². The largest absolute Gasteiger partial charge is 0.321 e. The monoisotopic (exact) mass is 273 g/mol. The number of hydrogen-bond acceptors (Lipinski definition) is 1. The maximum absolute atomic E-state index is 6.84. The lowest BCUT2D eigenvalue weighted by molar-refractivity contribution is 0.211. The van der Waals surface area contributed by atoms with Crippen molar-refractivity contribution in [2.45, 2.75) is 72.3 Å². The third-order valence-electron chi connectivity index (χ3n) is 5.26. The maximum Gasteiger partial charge on any atom is 0.0412 e. The molecule has 0 aromatic heterocycles. The molecule has 0 aliphatic heterocycles. The Labute approximate surface area is 125 Å². The van der Waals surface area contributed by atoms with Gasteiger partial charge in [0, 0.05) is 5.54 Å². The van der Waals surface area contributed by atoms with Gasteiger partial charge in [0.1, 0.15) is 0 Å². The van der Waals surface area contributed by atoms with Crippen LogP contribution < -0.4 is 5.73 Å². The molecule has 0 heterocycles. The lowest BCUT2D eigenvalue weighted by atomic mass is 9.75. The van der Waals surface area contributed by atoms with E-state index in [2.05, 4.69) is 52.8 Å². The summed E-state index contributed by atoms with van der Waals surface area (Å²) in [6, 6.07) is 6.75. The van der Waals surface area contributed by atoms with Crippen molar-refractivity contribution in [3.63, 3.8) is 0 Å². The summed E-state index contributed by atoms with van der Waals surface area (Å²) in [6.07, 6.45) is 6.09. The van der Waals surface area contributed by atoms with Crippen LogP contribution in [0.3, 0.4) is 0 Å². The van der Waals surface area contributed by atoms with Crippen LogP contribution in [0, 0.1) is 25.2 Å². The topological polar surface area (TPSA) is 26.0 Å². The van der Waals surface area contributed by atoms with Gasteiger partial charge in [-0.25, -0.2) is 0 Å². The number of benzene rings is 1. The average Bonchev–Trinajstić information content (AvgIpc) is 2.51. The first kappa shape index (κ1) is 15.6. The van der Waals surface area contributed by atoms with E-state index in [0.29, 0.717) is 5.41 Å². The van der Waals surface area contributed by atoms with Crippen molar-refractivity contribution in [1.82, 2.24) is 0 Å². The Bertz CT molecular complexity index is 469. The summed E-state index contributed by atoms with van der Waals surface area (Å²) in [4.78, 5) is 0. The Kier molecular flexibility index (Phi) is 4.30. The number of hydrogen-bond donors (Lipinski definition) is 1. The highest BCUT2D eigenvalue weighted by Crippen LogP contribution is 2.42. The van der Waals surface area contributed by atoms with Crippen molar-refractivity contribution in [2.75, 3.05) is 0 Å². The van der Waals surface area contributed by atoms with Gasteiger partial charge < -0.3 is 5.73 Å². The Morgan fingerprint density at radius 1 is 1.10 bits per heavy atom. The minimum Gasteiger partial charge on any atom is -0.321 e. The molecule has 1 aromatic rings. The molecule has 1 heteroatoms. The van der Waals surface area contributed by atoms with Crippen LogP contribution in [0.25, 0.3) is 0 Å². The van der Waals surface area contributed by atoms with E-state index in [4.69, 9.17) is 5.73 Å². The normalized spacial score (nSPS) is 28.2. The van der Waals surface area contributed by atoms with Gasteiger partial charge in [0.05, 0.1) is 0 Å². The summed E-state index contributed by atoms with van der Waals surface area (Å²) in [5, 5.41) is 0. The number of rotatable bonds is 1. The van der Waals surface area contributed by atoms with Gasteiger partial charge in [-0.15, -0.1) is 0 Å². The lowest BCUT2D eigenvalue weighted by Crippen LogP contribution is -2.37. The molecule has 1 aromatic carbocycles. The van der Waals surface area contributed by atoms with Crippen molar-refractivity contribution < 1.29 is 0 Å². The summed E-state index contributed by atoms with van der Waals surface area (Å²) in [5.74, 6) is 0.804. The van der Waals surface area contributed by atoms with Gasteiger partial charge in [-0.3, -0.25) is 0 Å². The fourth-order valence-electron chi connectivity index (χ4n) is 3.87. The minimum atomic E-state index is -0.113. The van der Waals surface area contributed by atoms with E-state index < -0.39 is 0 Å². The molecule has 112 valence electrons. The van der Waals surface area contributed by atoms with Crippen LogP contribution in [0.15, 0.2) is 18.2 Å². The molecule has 20 heavy (non-hydrogen) atoms.